The van der Waals surface area contributed by atoms with Crippen LogP contribution in [0.1, 0.15) is 27.2 Å². The Kier molecular flexibility index (Phi) is 25.7. The number of ether oxygens (including phenoxy) is 7. The third kappa shape index (κ3) is 20.3. The Hall–Kier alpha value is -3.33. The predicted octanol–water partition coefficient (Wildman–Crippen LogP) is -5.70. The van der Waals surface area contributed by atoms with Crippen LogP contribution < -0.4 is 5.32 Å². The van der Waals surface area contributed by atoms with Gasteiger partial charge in [0.15, 0.2) is 50.5 Å². The highest BCUT2D eigenvalue weighted by atomic mass is 32.3. The zero-order valence-corrected chi connectivity index (χ0v) is 43.2. The van der Waals surface area contributed by atoms with Crippen molar-refractivity contribution in [2.24, 2.45) is 28.1 Å². The van der Waals surface area contributed by atoms with Crippen LogP contribution in [0.2, 0.25) is 0 Å². The minimum atomic E-state index is -5.55. The standard InChI is InChI=1S/C35H57N3O35S4/c1-13-21(40)25(44)35(69-27(13)32(47)48)68-26-14(2)33(66-18(11-63-74-73-72-49)28(26)70-76(53,54)55)59-6-4-36-61-8-9-62-37-5-7-60-34-20(38-15(3)39)30(65-17-10-16(31(45)46)22(41)24(43)23(17)42)29(71-77(56,57)58)19(67-34)12-64-75(50,51)52/h4-5,13-14,16-30,33-35,40-44,49H,6-12H2,1-3H3,(H,38,39)(H,45,46)(H,47,48)(H,50,51,52)(H,53,54,55)(H,56,57,58)/b36-4+,37-5+/t13?,14?,16?,17-,18-,19?,20?,21?,22-,23?,24+,25?,26?,27+,28?,29+,30-,33+,34-,35+/m1/s1. The highest BCUT2D eigenvalue weighted by Gasteiger charge is 2.56. The maximum atomic E-state index is 12.4. The molecule has 0 spiro atoms. The molecule has 3 aliphatic heterocycles. The summed E-state index contributed by atoms with van der Waals surface area (Å²) in [6, 6.07) is -1.77. The largest absolute Gasteiger partial charge is 0.481 e. The van der Waals surface area contributed by atoms with E-state index in [1.54, 1.807) is 0 Å². The fraction of sp³-hybridized carbons (Fsp3) is 0.857. The van der Waals surface area contributed by atoms with Gasteiger partial charge in [-0.1, -0.05) is 29.2 Å². The number of rotatable bonds is 30. The van der Waals surface area contributed by atoms with Gasteiger partial charge in [-0.15, -0.1) is 4.33 Å². The van der Waals surface area contributed by atoms with E-state index in [-0.39, 0.29) is 25.5 Å². The predicted molar refractivity (Wildman–Crippen MR) is 238 cm³/mol. The summed E-state index contributed by atoms with van der Waals surface area (Å²) in [7, 11) is -16.2. The van der Waals surface area contributed by atoms with E-state index in [0.29, 0.717) is 0 Å². The highest BCUT2D eigenvalue weighted by Crippen LogP contribution is 2.37. The van der Waals surface area contributed by atoms with Crippen molar-refractivity contribution in [2.45, 2.75) is 131 Å². The molecule has 1 amide bonds. The molecule has 4 rings (SSSR count). The number of carbonyl (C=O) groups is 3. The molecule has 0 aromatic rings. The lowest BCUT2D eigenvalue weighted by Gasteiger charge is -2.48. The third-order valence-electron chi connectivity index (χ3n) is 11.5. The number of carboxylic acids is 2. The lowest BCUT2D eigenvalue weighted by atomic mass is 9.80. The Morgan fingerprint density at radius 3 is 1.75 bits per heavy atom. The van der Waals surface area contributed by atoms with Crippen molar-refractivity contribution in [1.82, 2.24) is 5.32 Å². The van der Waals surface area contributed by atoms with Gasteiger partial charge in [0, 0.05) is 18.8 Å². The van der Waals surface area contributed by atoms with Crippen LogP contribution in [0.15, 0.2) is 10.3 Å². The molecule has 10 unspecified atom stereocenters. The lowest BCUT2D eigenvalue weighted by Crippen LogP contribution is -2.68. The maximum Gasteiger partial charge on any atom is 0.397 e. The minimum Gasteiger partial charge on any atom is -0.481 e. The molecule has 1 saturated carbocycles. The van der Waals surface area contributed by atoms with Crippen molar-refractivity contribution in [3.63, 3.8) is 0 Å². The van der Waals surface area contributed by atoms with Gasteiger partial charge in [-0.2, -0.15) is 25.3 Å². The zero-order chi connectivity index (χ0) is 57.6. The summed E-state index contributed by atoms with van der Waals surface area (Å²) in [4.78, 5) is 46.3. The molecule has 0 radical (unpaired) electrons. The first-order valence-corrected chi connectivity index (χ1v) is 26.8. The van der Waals surface area contributed by atoms with Crippen molar-refractivity contribution in [3.8, 4) is 0 Å². The summed E-state index contributed by atoms with van der Waals surface area (Å²) in [5.74, 6) is -8.18. The van der Waals surface area contributed by atoms with E-state index in [2.05, 4.69) is 29.2 Å². The molecule has 4 fully saturated rings. The Morgan fingerprint density at radius 1 is 0.662 bits per heavy atom. The smallest absolute Gasteiger partial charge is 0.397 e. The first-order chi connectivity index (χ1) is 35.9. The number of hydrogen-bond acceptors (Lipinski definition) is 33. The van der Waals surface area contributed by atoms with Crippen LogP contribution in [0, 0.1) is 17.8 Å². The number of carbonyl (C=O) groups excluding carboxylic acids is 1. The molecule has 12 N–H and O–H groups in total. The molecule has 4 aliphatic rings. The molecular weight excluding hydrogens is 1150 g/mol. The van der Waals surface area contributed by atoms with Crippen LogP contribution in [0.4, 0.5) is 0 Å². The summed E-state index contributed by atoms with van der Waals surface area (Å²) >= 11 is 0.0316. The summed E-state index contributed by atoms with van der Waals surface area (Å²) in [6.07, 6.45) is -28.9. The fourth-order valence-electron chi connectivity index (χ4n) is 8.04. The fourth-order valence-corrected chi connectivity index (χ4v) is 9.62. The lowest BCUT2D eigenvalue weighted by molar-refractivity contribution is -0.434. The van der Waals surface area contributed by atoms with Crippen LogP contribution in [0.3, 0.4) is 0 Å². The number of carboxylic acid groups (broad SMARTS) is 2. The maximum absolute atomic E-state index is 12.4. The topological polar surface area (TPSA) is 551 Å². The van der Waals surface area contributed by atoms with Crippen LogP contribution >= 0.6 is 12.3 Å². The molecule has 77 heavy (non-hydrogen) atoms. The van der Waals surface area contributed by atoms with E-state index >= 15 is 0 Å². The Bertz CT molecular complexity index is 2300. The first-order valence-electron chi connectivity index (χ1n) is 22.0. The van der Waals surface area contributed by atoms with Gasteiger partial charge >= 0.3 is 43.1 Å². The second-order valence-corrected chi connectivity index (χ2v) is 20.5. The average molecular weight is 1210 g/mol. The minimum absolute atomic E-state index is 0.0316. The summed E-state index contributed by atoms with van der Waals surface area (Å²) in [5, 5.41) is 93.3. The van der Waals surface area contributed by atoms with E-state index in [0.717, 1.165) is 19.4 Å². The number of nitrogens with one attached hydrogen (secondary N) is 1. The van der Waals surface area contributed by atoms with Crippen LogP contribution in [-0.4, -0.2) is 254 Å². The molecule has 0 aromatic carbocycles. The summed E-state index contributed by atoms with van der Waals surface area (Å²) in [5.41, 5.74) is 0. The number of aliphatic hydroxyl groups excluding tert-OH is 5. The Labute approximate surface area is 440 Å². The number of nitrogens with zero attached hydrogens (tertiary/aromatic N) is 2. The van der Waals surface area contributed by atoms with E-state index in [1.165, 1.54) is 13.8 Å². The number of hydrogen-bond donors (Lipinski definition) is 12. The van der Waals surface area contributed by atoms with Crippen molar-refractivity contribution < 1.29 is 163 Å². The van der Waals surface area contributed by atoms with Gasteiger partial charge in [-0.3, -0.25) is 27.4 Å². The quantitative estimate of drug-likeness (QED) is 0.00796. The van der Waals surface area contributed by atoms with Crippen molar-refractivity contribution in [1.29, 1.82) is 0 Å². The third-order valence-corrected chi connectivity index (χ3v) is 13.2. The van der Waals surface area contributed by atoms with Crippen molar-refractivity contribution >= 4 is 73.8 Å². The monoisotopic (exact) mass is 1210 g/mol. The number of oxime groups is 2. The first kappa shape index (κ1) is 66.2. The molecule has 3 heterocycles. The molecule has 20 atom stereocenters. The zero-order valence-electron chi connectivity index (χ0n) is 39.9. The number of aliphatic hydroxyl groups is 5. The molecule has 0 bridgehead atoms. The van der Waals surface area contributed by atoms with Crippen LogP contribution in [-0.2, 0) is 115 Å². The van der Waals surface area contributed by atoms with Gasteiger partial charge in [0.25, 0.3) is 0 Å². The van der Waals surface area contributed by atoms with E-state index in [1.807, 2.05) is 0 Å². The van der Waals surface area contributed by atoms with Crippen molar-refractivity contribution in [3.05, 3.63) is 0 Å². The van der Waals surface area contributed by atoms with Gasteiger partial charge in [0.05, 0.1) is 69.2 Å². The molecule has 446 valence electrons. The van der Waals surface area contributed by atoms with Crippen molar-refractivity contribution in [2.75, 3.05) is 39.6 Å². The average Bonchev–Trinajstić information content (AvgIpc) is 3.32. The molecule has 38 nitrogen and oxygen atoms in total. The molecule has 1 aliphatic carbocycles. The molecule has 42 heteroatoms. The Morgan fingerprint density at radius 2 is 1.22 bits per heavy atom. The molecular formula is C35H57N3O35S4. The van der Waals surface area contributed by atoms with E-state index in [9.17, 15) is 89.0 Å². The Balaban J connectivity index is 1.39. The normalized spacial score (nSPS) is 36.4. The van der Waals surface area contributed by atoms with Gasteiger partial charge in [-0.25, -0.2) is 22.6 Å². The number of aliphatic carboxylic acids is 2. The van der Waals surface area contributed by atoms with Crippen LogP contribution in [0.25, 0.3) is 0 Å². The molecule has 0 aromatic heterocycles. The molecule has 3 saturated heterocycles. The second-order valence-electron chi connectivity index (χ2n) is 16.8. The SMILES string of the molecule is CC(=O)NC1[C@H](OC/C=N/OCCO/N=C/CO[C@H]2O[C@H](COSOOO)C(OS(=O)(=O)O)C(O[C@H]3O[C@H](C(=O)O)C(C)C(O)C3O)C2C)OC(COS(=O)(=O)O)[C@H](OS(=O)(=O)O)[C@@H]1O[C@@H]1CC(C(=O)O)[C@@H](O)[C@H](O)C1O. The van der Waals surface area contributed by atoms with Gasteiger partial charge in [-0.05, 0) is 6.42 Å². The summed E-state index contributed by atoms with van der Waals surface area (Å²) < 4.78 is 162. The number of amides is 1. The van der Waals surface area contributed by atoms with Gasteiger partial charge in [0.2, 0.25) is 5.91 Å². The highest BCUT2D eigenvalue weighted by molar-refractivity contribution is 7.89. The summed E-state index contributed by atoms with van der Waals surface area (Å²) in [6.45, 7) is -0.0845. The van der Waals surface area contributed by atoms with Gasteiger partial charge < -0.3 is 83.9 Å². The van der Waals surface area contributed by atoms with E-state index in [4.69, 9.17) is 60.6 Å². The van der Waals surface area contributed by atoms with Gasteiger partial charge in [0.1, 0.15) is 54.9 Å². The van der Waals surface area contributed by atoms with E-state index < -0.39 is 204 Å². The second kappa shape index (κ2) is 29.9. The van der Waals surface area contributed by atoms with Crippen LogP contribution in [0.5, 0.6) is 0 Å².